The molecule has 2 rings (SSSR count). The van der Waals surface area contributed by atoms with E-state index in [1.165, 1.54) is 17.0 Å². The summed E-state index contributed by atoms with van der Waals surface area (Å²) >= 11 is 0. The molecule has 26 heavy (non-hydrogen) atoms. The van der Waals surface area contributed by atoms with Crippen LogP contribution in [0.4, 0.5) is 5.69 Å². The van der Waals surface area contributed by atoms with Gasteiger partial charge in [-0.3, -0.25) is 4.79 Å². The van der Waals surface area contributed by atoms with E-state index in [9.17, 15) is 24.3 Å². The van der Waals surface area contributed by atoms with Gasteiger partial charge in [0.1, 0.15) is 5.70 Å². The van der Waals surface area contributed by atoms with Crippen molar-refractivity contribution in [2.75, 3.05) is 32.1 Å². The Kier molecular flexibility index (Phi) is 5.58. The molecular formula is C16H16N2O8. The van der Waals surface area contributed by atoms with Crippen molar-refractivity contribution in [1.29, 1.82) is 0 Å². The minimum atomic E-state index is -1.51. The Balaban J connectivity index is 2.52. The van der Waals surface area contributed by atoms with Crippen LogP contribution in [0, 0.1) is 0 Å². The van der Waals surface area contributed by atoms with Crippen LogP contribution in [0.5, 0.6) is 0 Å². The summed E-state index contributed by atoms with van der Waals surface area (Å²) in [5.74, 6) is -4.40. The number of β-amino-alcohol motifs (C(OH)–C–C–N with tert-alkyl or cyclic N) is 1. The number of carbonyl (C=O) groups excluding carboxylic acids is 2. The fourth-order valence-corrected chi connectivity index (χ4v) is 2.55. The predicted molar refractivity (Wildman–Crippen MR) is 86.7 cm³/mol. The molecule has 0 radical (unpaired) electrons. The number of rotatable bonds is 7. The SMILES string of the molecule is COC(=O)C1=C(Nc2cccc(C(=O)O)c2C(=O)O)C(=O)N(CCO)C1. The molecule has 1 heterocycles. The van der Waals surface area contributed by atoms with Crippen molar-refractivity contribution in [2.24, 2.45) is 0 Å². The van der Waals surface area contributed by atoms with Crippen molar-refractivity contribution in [2.45, 2.75) is 0 Å². The molecule has 0 saturated heterocycles. The van der Waals surface area contributed by atoms with Crippen LogP contribution in [0.25, 0.3) is 0 Å². The number of amides is 1. The molecule has 0 aliphatic carbocycles. The molecule has 0 saturated carbocycles. The van der Waals surface area contributed by atoms with Crippen LogP contribution in [0.2, 0.25) is 0 Å². The van der Waals surface area contributed by atoms with Gasteiger partial charge in [0.15, 0.2) is 0 Å². The van der Waals surface area contributed by atoms with Crippen LogP contribution in [0.1, 0.15) is 20.7 Å². The van der Waals surface area contributed by atoms with Crippen LogP contribution in [0.3, 0.4) is 0 Å². The summed E-state index contributed by atoms with van der Waals surface area (Å²) in [7, 11) is 1.12. The first-order chi connectivity index (χ1) is 12.3. The highest BCUT2D eigenvalue weighted by atomic mass is 16.5. The number of esters is 1. The second kappa shape index (κ2) is 7.66. The van der Waals surface area contributed by atoms with Crippen LogP contribution in [0.15, 0.2) is 29.5 Å². The molecule has 10 nitrogen and oxygen atoms in total. The number of anilines is 1. The topological polar surface area (TPSA) is 153 Å². The first kappa shape index (κ1) is 18.9. The number of nitrogens with zero attached hydrogens (tertiary/aromatic N) is 1. The summed E-state index contributed by atoms with van der Waals surface area (Å²) in [6.07, 6.45) is 0. The first-order valence-corrected chi connectivity index (χ1v) is 7.40. The van der Waals surface area contributed by atoms with Gasteiger partial charge in [0.2, 0.25) is 0 Å². The Morgan fingerprint density at radius 3 is 2.46 bits per heavy atom. The van der Waals surface area contributed by atoms with E-state index in [2.05, 4.69) is 10.1 Å². The zero-order valence-electron chi connectivity index (χ0n) is 13.7. The summed E-state index contributed by atoms with van der Waals surface area (Å²) in [6, 6.07) is 3.70. The van der Waals surface area contributed by atoms with E-state index in [1.54, 1.807) is 0 Å². The lowest BCUT2D eigenvalue weighted by molar-refractivity contribution is -0.136. The van der Waals surface area contributed by atoms with Gasteiger partial charge in [-0.2, -0.15) is 0 Å². The molecule has 0 atom stereocenters. The van der Waals surface area contributed by atoms with Crippen LogP contribution in [-0.2, 0) is 14.3 Å². The van der Waals surface area contributed by atoms with Gasteiger partial charge >= 0.3 is 17.9 Å². The fourth-order valence-electron chi connectivity index (χ4n) is 2.55. The average Bonchev–Trinajstić information content (AvgIpc) is 2.90. The number of nitrogens with one attached hydrogen (secondary N) is 1. The number of benzene rings is 1. The maximum atomic E-state index is 12.5. The highest BCUT2D eigenvalue weighted by Crippen LogP contribution is 2.26. The van der Waals surface area contributed by atoms with E-state index in [0.29, 0.717) is 0 Å². The molecule has 4 N–H and O–H groups in total. The first-order valence-electron chi connectivity index (χ1n) is 7.40. The van der Waals surface area contributed by atoms with Crippen molar-refractivity contribution < 1.29 is 39.2 Å². The Morgan fingerprint density at radius 1 is 1.23 bits per heavy atom. The van der Waals surface area contributed by atoms with Gasteiger partial charge < -0.3 is 30.3 Å². The zero-order valence-corrected chi connectivity index (χ0v) is 13.7. The van der Waals surface area contributed by atoms with E-state index < -0.39 is 34.9 Å². The third kappa shape index (κ3) is 3.49. The van der Waals surface area contributed by atoms with Crippen molar-refractivity contribution in [1.82, 2.24) is 4.90 Å². The lowest BCUT2D eigenvalue weighted by Crippen LogP contribution is -2.31. The van der Waals surface area contributed by atoms with Crippen LogP contribution < -0.4 is 5.32 Å². The summed E-state index contributed by atoms with van der Waals surface area (Å²) in [6.45, 7) is -0.497. The van der Waals surface area contributed by atoms with Gasteiger partial charge in [-0.15, -0.1) is 0 Å². The molecule has 138 valence electrons. The molecular weight excluding hydrogens is 348 g/mol. The average molecular weight is 364 g/mol. The lowest BCUT2D eigenvalue weighted by atomic mass is 10.0. The number of methoxy groups -OCH3 is 1. The minimum absolute atomic E-state index is 0.0362. The predicted octanol–water partition coefficient (Wildman–Crippen LogP) is -0.243. The Hall–Kier alpha value is -3.40. The van der Waals surface area contributed by atoms with E-state index in [0.717, 1.165) is 13.2 Å². The molecule has 0 bridgehead atoms. The number of ether oxygens (including phenoxy) is 1. The van der Waals surface area contributed by atoms with Gasteiger partial charge in [-0.25, -0.2) is 14.4 Å². The van der Waals surface area contributed by atoms with Gasteiger partial charge in [0.05, 0.1) is 42.6 Å². The Bertz CT molecular complexity index is 814. The number of aromatic carboxylic acids is 2. The monoisotopic (exact) mass is 364 g/mol. The summed E-state index contributed by atoms with van der Waals surface area (Å²) in [5, 5.41) is 30.1. The Morgan fingerprint density at radius 2 is 1.92 bits per heavy atom. The largest absolute Gasteiger partial charge is 0.478 e. The van der Waals surface area contributed by atoms with E-state index in [1.807, 2.05) is 0 Å². The molecule has 1 aromatic carbocycles. The molecule has 0 spiro atoms. The standard InChI is InChI=1S/C16H16N2O8/c1-26-16(25)9-7-18(5-6-19)13(20)12(9)17-10-4-2-3-8(14(21)22)11(10)15(23)24/h2-4,17,19H,5-7H2,1H3,(H,21,22)(H,23,24). The quantitative estimate of drug-likeness (QED) is 0.480. The fraction of sp³-hybridized carbons (Fsp3) is 0.250. The van der Waals surface area contributed by atoms with Crippen LogP contribution in [-0.4, -0.2) is 70.8 Å². The maximum Gasteiger partial charge on any atom is 0.338 e. The normalized spacial score (nSPS) is 13.8. The molecule has 10 heteroatoms. The smallest absolute Gasteiger partial charge is 0.338 e. The van der Waals surface area contributed by atoms with Crippen molar-refractivity contribution in [3.05, 3.63) is 40.6 Å². The molecule has 1 aliphatic rings. The number of carbonyl (C=O) groups is 4. The second-order valence-electron chi connectivity index (χ2n) is 5.26. The molecule has 1 aliphatic heterocycles. The highest BCUT2D eigenvalue weighted by Gasteiger charge is 2.35. The summed E-state index contributed by atoms with van der Waals surface area (Å²) in [5.41, 5.74) is -1.46. The lowest BCUT2D eigenvalue weighted by Gasteiger charge is -2.16. The van der Waals surface area contributed by atoms with Crippen molar-refractivity contribution >= 4 is 29.5 Å². The van der Waals surface area contributed by atoms with Gasteiger partial charge in [0, 0.05) is 6.54 Å². The number of carboxylic acids is 2. The van der Waals surface area contributed by atoms with Gasteiger partial charge in [-0.1, -0.05) is 6.07 Å². The summed E-state index contributed by atoms with van der Waals surface area (Å²) in [4.78, 5) is 48.3. The number of hydrogen-bond acceptors (Lipinski definition) is 7. The Labute approximate surface area is 147 Å². The molecule has 0 unspecified atom stereocenters. The van der Waals surface area contributed by atoms with E-state index in [-0.39, 0.29) is 36.7 Å². The third-order valence-corrected chi connectivity index (χ3v) is 3.72. The number of aliphatic hydroxyl groups is 1. The zero-order chi connectivity index (χ0) is 19.4. The molecule has 0 aromatic heterocycles. The third-order valence-electron chi connectivity index (χ3n) is 3.72. The number of hydrogen-bond donors (Lipinski definition) is 4. The molecule has 1 amide bonds. The minimum Gasteiger partial charge on any atom is -0.478 e. The van der Waals surface area contributed by atoms with Crippen molar-refractivity contribution in [3.63, 3.8) is 0 Å². The molecule has 0 fully saturated rings. The van der Waals surface area contributed by atoms with Gasteiger partial charge in [-0.05, 0) is 12.1 Å². The number of carboxylic acid groups (broad SMARTS) is 2. The highest BCUT2D eigenvalue weighted by molar-refractivity contribution is 6.11. The summed E-state index contributed by atoms with van der Waals surface area (Å²) < 4.78 is 4.63. The van der Waals surface area contributed by atoms with Crippen molar-refractivity contribution in [3.8, 4) is 0 Å². The second-order valence-corrected chi connectivity index (χ2v) is 5.26. The van der Waals surface area contributed by atoms with E-state index >= 15 is 0 Å². The van der Waals surface area contributed by atoms with Gasteiger partial charge in [0.25, 0.3) is 5.91 Å². The van der Waals surface area contributed by atoms with E-state index in [4.69, 9.17) is 10.2 Å². The molecule has 1 aromatic rings. The van der Waals surface area contributed by atoms with Crippen LogP contribution >= 0.6 is 0 Å². The number of aliphatic hydroxyl groups excluding tert-OH is 1. The maximum absolute atomic E-state index is 12.5.